The van der Waals surface area contributed by atoms with Gasteiger partial charge in [0.15, 0.2) is 0 Å². The summed E-state index contributed by atoms with van der Waals surface area (Å²) in [5.41, 5.74) is 0. The van der Waals surface area contributed by atoms with E-state index in [0.29, 0.717) is 0 Å². The Kier molecular flexibility index (Phi) is 4.70. The maximum absolute atomic E-state index is 12.0. The first-order valence-corrected chi connectivity index (χ1v) is 6.04. The normalized spacial score (nSPS) is 10.3. The van der Waals surface area contributed by atoms with Crippen LogP contribution < -0.4 is 0 Å². The van der Waals surface area contributed by atoms with Gasteiger partial charge in [0, 0.05) is 0 Å². The average molecular weight is 314 g/mol. The Morgan fingerprint density at radius 3 is 0.727 bits per heavy atom. The fourth-order valence-corrected chi connectivity index (χ4v) is 1.71. The van der Waals surface area contributed by atoms with Crippen molar-refractivity contribution in [3.05, 3.63) is 83.4 Å². The lowest BCUT2D eigenvalue weighted by Gasteiger charge is -1.99. The van der Waals surface area contributed by atoms with Crippen LogP contribution in [0.5, 0.6) is 0 Å². The highest BCUT2D eigenvalue weighted by Gasteiger charge is 2.25. The van der Waals surface area contributed by atoms with Crippen LogP contribution in [0.2, 0.25) is 0 Å². The average Bonchev–Trinajstić information content (AvgIpc) is 2.57. The standard InChI is InChI=1S/C10H8.C6F6/c1-2-6-10-8-4-3-7-9(10)5-1;7-1-2(8)4(10)6(12)5(11)3(1)9/h1-8H;. The highest BCUT2D eigenvalue weighted by Crippen LogP contribution is 2.20. The van der Waals surface area contributed by atoms with Crippen LogP contribution in [0, 0.1) is 34.9 Å². The van der Waals surface area contributed by atoms with E-state index < -0.39 is 34.9 Å². The Balaban J connectivity index is 0.000000162. The molecule has 0 saturated heterocycles. The van der Waals surface area contributed by atoms with Crippen molar-refractivity contribution in [2.75, 3.05) is 0 Å². The fraction of sp³-hybridized carbons (Fsp3) is 0. The van der Waals surface area contributed by atoms with Crippen LogP contribution in [0.1, 0.15) is 0 Å². The lowest BCUT2D eigenvalue weighted by atomic mass is 10.1. The number of rotatable bonds is 0. The van der Waals surface area contributed by atoms with Crippen molar-refractivity contribution in [1.82, 2.24) is 0 Å². The molecule has 3 aromatic carbocycles. The van der Waals surface area contributed by atoms with E-state index in [4.69, 9.17) is 0 Å². The summed E-state index contributed by atoms with van der Waals surface area (Å²) in [5.74, 6) is -14.2. The molecule has 0 atom stereocenters. The van der Waals surface area contributed by atoms with Gasteiger partial charge >= 0.3 is 0 Å². The molecule has 22 heavy (non-hydrogen) atoms. The van der Waals surface area contributed by atoms with Gasteiger partial charge in [-0.15, -0.1) is 0 Å². The second kappa shape index (κ2) is 6.51. The summed E-state index contributed by atoms with van der Waals surface area (Å²) >= 11 is 0. The Hall–Kier alpha value is -2.50. The van der Waals surface area contributed by atoms with Gasteiger partial charge in [-0.1, -0.05) is 48.5 Å². The lowest BCUT2D eigenvalue weighted by Crippen LogP contribution is -2.04. The lowest BCUT2D eigenvalue weighted by molar-refractivity contribution is 0.334. The van der Waals surface area contributed by atoms with Crippen molar-refractivity contribution in [2.24, 2.45) is 0 Å². The number of benzene rings is 3. The molecule has 0 spiro atoms. The Morgan fingerprint density at radius 2 is 0.545 bits per heavy atom. The molecule has 0 nitrogen and oxygen atoms in total. The first kappa shape index (κ1) is 15.9. The third kappa shape index (κ3) is 3.05. The van der Waals surface area contributed by atoms with E-state index in [1.165, 1.54) is 10.8 Å². The molecule has 0 amide bonds. The van der Waals surface area contributed by atoms with Crippen LogP contribution in [-0.4, -0.2) is 0 Å². The minimum Gasteiger partial charge on any atom is -0.200 e. The third-order valence-corrected chi connectivity index (χ3v) is 2.81. The van der Waals surface area contributed by atoms with E-state index in [9.17, 15) is 26.3 Å². The number of hydrogen-bond donors (Lipinski definition) is 0. The van der Waals surface area contributed by atoms with Crippen molar-refractivity contribution >= 4 is 10.8 Å². The van der Waals surface area contributed by atoms with E-state index in [1.54, 1.807) is 0 Å². The molecule has 0 aromatic heterocycles. The van der Waals surface area contributed by atoms with Crippen LogP contribution in [0.3, 0.4) is 0 Å². The summed E-state index contributed by atoms with van der Waals surface area (Å²) in [5, 5.41) is 2.62. The number of fused-ring (bicyclic) bond motifs is 1. The molecule has 0 unspecified atom stereocenters. The Bertz CT molecular complexity index is 643. The molecule has 0 heterocycles. The van der Waals surface area contributed by atoms with Crippen LogP contribution in [-0.2, 0) is 0 Å². The van der Waals surface area contributed by atoms with Gasteiger partial charge in [0.05, 0.1) is 0 Å². The van der Waals surface area contributed by atoms with Gasteiger partial charge in [0.1, 0.15) is 0 Å². The van der Waals surface area contributed by atoms with Crippen LogP contribution >= 0.6 is 0 Å². The summed E-state index contributed by atoms with van der Waals surface area (Å²) in [4.78, 5) is 0. The van der Waals surface area contributed by atoms with Gasteiger partial charge in [-0.25, -0.2) is 26.3 Å². The van der Waals surface area contributed by atoms with E-state index in [0.717, 1.165) is 0 Å². The quantitative estimate of drug-likeness (QED) is 0.298. The summed E-state index contributed by atoms with van der Waals surface area (Å²) in [6.07, 6.45) is 0. The third-order valence-electron chi connectivity index (χ3n) is 2.81. The molecule has 0 aliphatic carbocycles. The van der Waals surface area contributed by atoms with Crippen LogP contribution in [0.25, 0.3) is 10.8 Å². The summed E-state index contributed by atoms with van der Waals surface area (Å²) in [7, 11) is 0. The SMILES string of the molecule is Fc1c(F)c(F)c(F)c(F)c1F.c1ccc2ccccc2c1. The maximum atomic E-state index is 12.0. The summed E-state index contributed by atoms with van der Waals surface area (Å²) < 4.78 is 72.2. The molecule has 0 aliphatic heterocycles. The van der Waals surface area contributed by atoms with Gasteiger partial charge in [-0.05, 0) is 10.8 Å². The highest BCUT2D eigenvalue weighted by molar-refractivity contribution is 5.81. The van der Waals surface area contributed by atoms with E-state index >= 15 is 0 Å². The zero-order chi connectivity index (χ0) is 16.3. The monoisotopic (exact) mass is 314 g/mol. The second-order valence-corrected chi connectivity index (χ2v) is 4.23. The van der Waals surface area contributed by atoms with Gasteiger partial charge in [-0.2, -0.15) is 0 Å². The minimum absolute atomic E-state index is 1.31. The topological polar surface area (TPSA) is 0 Å². The Morgan fingerprint density at radius 1 is 0.364 bits per heavy atom. The number of hydrogen-bond acceptors (Lipinski definition) is 0. The molecule has 6 heteroatoms. The van der Waals surface area contributed by atoms with E-state index in [-0.39, 0.29) is 0 Å². The minimum atomic E-state index is -2.37. The predicted octanol–water partition coefficient (Wildman–Crippen LogP) is 5.36. The van der Waals surface area contributed by atoms with E-state index in [1.807, 2.05) is 0 Å². The molecular weight excluding hydrogens is 306 g/mol. The molecular formula is C16H8F6. The highest BCUT2D eigenvalue weighted by atomic mass is 19.2. The fourth-order valence-electron chi connectivity index (χ4n) is 1.71. The molecule has 0 N–H and O–H groups in total. The smallest absolute Gasteiger partial charge is 0.200 e. The number of halogens is 6. The molecule has 0 aliphatic rings. The summed E-state index contributed by atoms with van der Waals surface area (Å²) in [6.45, 7) is 0. The molecule has 0 saturated carbocycles. The largest absolute Gasteiger partial charge is 0.200 e. The first-order chi connectivity index (χ1) is 10.4. The van der Waals surface area contributed by atoms with E-state index in [2.05, 4.69) is 48.5 Å². The van der Waals surface area contributed by atoms with Crippen molar-refractivity contribution in [3.8, 4) is 0 Å². The maximum Gasteiger partial charge on any atom is 0.200 e. The van der Waals surface area contributed by atoms with Gasteiger partial charge < -0.3 is 0 Å². The van der Waals surface area contributed by atoms with Crippen molar-refractivity contribution in [1.29, 1.82) is 0 Å². The van der Waals surface area contributed by atoms with Crippen molar-refractivity contribution in [2.45, 2.75) is 0 Å². The van der Waals surface area contributed by atoms with Crippen LogP contribution in [0.15, 0.2) is 48.5 Å². The molecule has 3 rings (SSSR count). The van der Waals surface area contributed by atoms with Crippen molar-refractivity contribution in [3.63, 3.8) is 0 Å². The zero-order valence-electron chi connectivity index (χ0n) is 10.9. The van der Waals surface area contributed by atoms with Gasteiger partial charge in [0.2, 0.25) is 34.9 Å². The predicted molar refractivity (Wildman–Crippen MR) is 70.1 cm³/mol. The molecule has 3 aromatic rings. The van der Waals surface area contributed by atoms with Gasteiger partial charge in [-0.3, -0.25) is 0 Å². The van der Waals surface area contributed by atoms with Gasteiger partial charge in [0.25, 0.3) is 0 Å². The molecule has 0 bridgehead atoms. The molecule has 0 radical (unpaired) electrons. The first-order valence-electron chi connectivity index (χ1n) is 6.04. The van der Waals surface area contributed by atoms with Crippen molar-refractivity contribution < 1.29 is 26.3 Å². The van der Waals surface area contributed by atoms with Crippen LogP contribution in [0.4, 0.5) is 26.3 Å². The second-order valence-electron chi connectivity index (χ2n) is 4.23. The Labute approximate surface area is 121 Å². The summed E-state index contributed by atoms with van der Waals surface area (Å²) in [6, 6.07) is 16.7. The zero-order valence-corrected chi connectivity index (χ0v) is 10.9. The molecule has 114 valence electrons. The molecule has 0 fully saturated rings.